The number of pyridine rings is 1. The summed E-state index contributed by atoms with van der Waals surface area (Å²) in [6.45, 7) is 3.72. The molecule has 1 aromatic carbocycles. The molecule has 6 nitrogen and oxygen atoms in total. The highest BCUT2D eigenvalue weighted by atomic mass is 16.5. The highest BCUT2D eigenvalue weighted by Gasteiger charge is 2.35. The molecule has 0 saturated carbocycles. The zero-order chi connectivity index (χ0) is 17.3. The van der Waals surface area contributed by atoms with Gasteiger partial charge in [-0.15, -0.1) is 0 Å². The zero-order valence-electron chi connectivity index (χ0n) is 14.1. The van der Waals surface area contributed by atoms with Crippen LogP contribution in [0.15, 0.2) is 51.8 Å². The molecule has 0 amide bonds. The Morgan fingerprint density at radius 1 is 1.17 bits per heavy atom. The molecule has 0 radical (unpaired) electrons. The van der Waals surface area contributed by atoms with E-state index >= 15 is 0 Å². The number of aryl methyl sites for hydroxylation is 1. The molecule has 1 unspecified atom stereocenters. The van der Waals surface area contributed by atoms with Gasteiger partial charge < -0.3 is 13.8 Å². The number of rotatable bonds is 4. The first kappa shape index (κ1) is 16.1. The quantitative estimate of drug-likeness (QED) is 0.737. The van der Waals surface area contributed by atoms with E-state index in [1.54, 1.807) is 24.8 Å². The fourth-order valence-electron chi connectivity index (χ4n) is 2.51. The first-order chi connectivity index (χ1) is 11.5. The lowest BCUT2D eigenvalue weighted by molar-refractivity contribution is 0.0113. The normalized spacial score (nSPS) is 13.7. The maximum Gasteiger partial charge on any atom is 0.263 e. The molecule has 2 heterocycles. The summed E-state index contributed by atoms with van der Waals surface area (Å²) in [6, 6.07) is 13.2. The summed E-state index contributed by atoms with van der Waals surface area (Å²) in [6.07, 6.45) is 0. The maximum atomic E-state index is 12.4. The Balaban J connectivity index is 2.08. The highest BCUT2D eigenvalue weighted by Crippen LogP contribution is 2.32. The molecular formula is C18H19N3O3. The van der Waals surface area contributed by atoms with E-state index in [0.29, 0.717) is 11.5 Å². The molecule has 2 aromatic heterocycles. The summed E-state index contributed by atoms with van der Waals surface area (Å²) >= 11 is 0. The number of ether oxygens (including phenoxy) is 1. The van der Waals surface area contributed by atoms with Crippen LogP contribution in [0.25, 0.3) is 11.4 Å². The third-order valence-electron chi connectivity index (χ3n) is 4.36. The first-order valence-electron chi connectivity index (χ1n) is 7.59. The van der Waals surface area contributed by atoms with Gasteiger partial charge in [-0.3, -0.25) is 4.79 Å². The predicted molar refractivity (Wildman–Crippen MR) is 89.6 cm³/mol. The summed E-state index contributed by atoms with van der Waals surface area (Å²) in [7, 11) is 3.30. The van der Waals surface area contributed by atoms with Crippen molar-refractivity contribution in [3.8, 4) is 11.4 Å². The number of aromatic nitrogens is 3. The van der Waals surface area contributed by atoms with E-state index in [1.807, 2.05) is 50.2 Å². The number of hydrogen-bond acceptors (Lipinski definition) is 5. The molecule has 1 atom stereocenters. The number of benzene rings is 1. The van der Waals surface area contributed by atoms with Crippen molar-refractivity contribution in [3.63, 3.8) is 0 Å². The lowest BCUT2D eigenvalue weighted by atomic mass is 9.95. The fourth-order valence-corrected chi connectivity index (χ4v) is 2.51. The summed E-state index contributed by atoms with van der Waals surface area (Å²) in [4.78, 5) is 16.8. The van der Waals surface area contributed by atoms with E-state index in [9.17, 15) is 4.79 Å². The van der Waals surface area contributed by atoms with Gasteiger partial charge in [-0.25, -0.2) is 0 Å². The number of nitrogens with zero attached hydrogens (tertiary/aromatic N) is 3. The standard InChI is InChI=1S/C18H19N3O3/c1-12-10-11-14(16(22)21(12)3)15-19-17(24-20-15)18(2,23-4)13-8-6-5-7-9-13/h5-11H,1-4H3. The maximum absolute atomic E-state index is 12.4. The molecule has 3 rings (SSSR count). The Bertz CT molecular complexity index is 915. The van der Waals surface area contributed by atoms with E-state index in [2.05, 4.69) is 10.1 Å². The Morgan fingerprint density at radius 3 is 2.54 bits per heavy atom. The minimum atomic E-state index is -0.886. The first-order valence-corrected chi connectivity index (χ1v) is 7.59. The van der Waals surface area contributed by atoms with Crippen LogP contribution in [0.4, 0.5) is 0 Å². The van der Waals surface area contributed by atoms with Crippen molar-refractivity contribution >= 4 is 0 Å². The second-order valence-corrected chi connectivity index (χ2v) is 5.78. The molecule has 0 bridgehead atoms. The van der Waals surface area contributed by atoms with Crippen molar-refractivity contribution in [1.82, 2.24) is 14.7 Å². The molecule has 24 heavy (non-hydrogen) atoms. The van der Waals surface area contributed by atoms with E-state index in [1.165, 1.54) is 0 Å². The van der Waals surface area contributed by atoms with Crippen LogP contribution in [0.3, 0.4) is 0 Å². The second-order valence-electron chi connectivity index (χ2n) is 5.78. The SMILES string of the molecule is COC(C)(c1ccccc1)c1nc(-c2ccc(C)n(C)c2=O)no1. The van der Waals surface area contributed by atoms with Crippen molar-refractivity contribution < 1.29 is 9.26 Å². The lowest BCUT2D eigenvalue weighted by Crippen LogP contribution is -2.26. The summed E-state index contributed by atoms with van der Waals surface area (Å²) in [5, 5.41) is 3.98. The molecule has 3 aromatic rings. The summed E-state index contributed by atoms with van der Waals surface area (Å²) in [5.74, 6) is 0.554. The van der Waals surface area contributed by atoms with Gasteiger partial charge in [-0.1, -0.05) is 35.5 Å². The van der Waals surface area contributed by atoms with E-state index in [-0.39, 0.29) is 11.4 Å². The molecular weight excluding hydrogens is 306 g/mol. The third kappa shape index (κ3) is 2.55. The molecule has 0 N–H and O–H groups in total. The molecule has 0 saturated heterocycles. The van der Waals surface area contributed by atoms with E-state index < -0.39 is 5.60 Å². The van der Waals surface area contributed by atoms with Crippen LogP contribution in [-0.2, 0) is 17.4 Å². The average Bonchev–Trinajstić information content (AvgIpc) is 3.10. The molecule has 0 fully saturated rings. The second kappa shape index (κ2) is 6.05. The van der Waals surface area contributed by atoms with Crippen LogP contribution in [0.2, 0.25) is 0 Å². The minimum Gasteiger partial charge on any atom is -0.364 e. The summed E-state index contributed by atoms with van der Waals surface area (Å²) in [5.41, 5.74) is 1.09. The highest BCUT2D eigenvalue weighted by molar-refractivity contribution is 5.53. The molecule has 0 aliphatic rings. The van der Waals surface area contributed by atoms with Crippen molar-refractivity contribution in [2.45, 2.75) is 19.4 Å². The number of methoxy groups -OCH3 is 1. The smallest absolute Gasteiger partial charge is 0.263 e. The van der Waals surface area contributed by atoms with Crippen LogP contribution >= 0.6 is 0 Å². The van der Waals surface area contributed by atoms with Gasteiger partial charge in [0.1, 0.15) is 0 Å². The third-order valence-corrected chi connectivity index (χ3v) is 4.36. The van der Waals surface area contributed by atoms with Crippen LogP contribution < -0.4 is 5.56 Å². The van der Waals surface area contributed by atoms with Crippen molar-refractivity contribution in [3.05, 3.63) is 70.0 Å². The van der Waals surface area contributed by atoms with Gasteiger partial charge in [0.05, 0.1) is 5.56 Å². The van der Waals surface area contributed by atoms with E-state index in [0.717, 1.165) is 11.3 Å². The Kier molecular flexibility index (Phi) is 4.07. The van der Waals surface area contributed by atoms with Crippen molar-refractivity contribution in [1.29, 1.82) is 0 Å². The monoisotopic (exact) mass is 325 g/mol. The van der Waals surface area contributed by atoms with Crippen molar-refractivity contribution in [2.24, 2.45) is 7.05 Å². The zero-order valence-corrected chi connectivity index (χ0v) is 14.1. The van der Waals surface area contributed by atoms with Crippen molar-refractivity contribution in [2.75, 3.05) is 7.11 Å². The van der Waals surface area contributed by atoms with Gasteiger partial charge in [0.2, 0.25) is 5.82 Å². The number of hydrogen-bond donors (Lipinski definition) is 0. The predicted octanol–water partition coefficient (Wildman–Crippen LogP) is 2.65. The lowest BCUT2D eigenvalue weighted by Gasteiger charge is -2.24. The molecule has 0 aliphatic heterocycles. The van der Waals surface area contributed by atoms with Gasteiger partial charge in [0.15, 0.2) is 5.60 Å². The van der Waals surface area contributed by atoms with Gasteiger partial charge in [0, 0.05) is 19.9 Å². The van der Waals surface area contributed by atoms with Crippen LogP contribution in [-0.4, -0.2) is 21.8 Å². The van der Waals surface area contributed by atoms with Crippen LogP contribution in [0, 0.1) is 6.92 Å². The average molecular weight is 325 g/mol. The largest absolute Gasteiger partial charge is 0.364 e. The van der Waals surface area contributed by atoms with Gasteiger partial charge in [0.25, 0.3) is 11.4 Å². The summed E-state index contributed by atoms with van der Waals surface area (Å²) < 4.78 is 12.6. The van der Waals surface area contributed by atoms with Gasteiger partial charge >= 0.3 is 0 Å². The molecule has 124 valence electrons. The Morgan fingerprint density at radius 2 is 1.88 bits per heavy atom. The van der Waals surface area contributed by atoms with Gasteiger partial charge in [-0.05, 0) is 31.5 Å². The Hall–Kier alpha value is -2.73. The van der Waals surface area contributed by atoms with Gasteiger partial charge in [-0.2, -0.15) is 4.98 Å². The fraction of sp³-hybridized carbons (Fsp3) is 0.278. The van der Waals surface area contributed by atoms with E-state index in [4.69, 9.17) is 9.26 Å². The topological polar surface area (TPSA) is 70.2 Å². The van der Waals surface area contributed by atoms with Crippen LogP contribution in [0.1, 0.15) is 24.1 Å². The molecule has 0 spiro atoms. The van der Waals surface area contributed by atoms with Crippen LogP contribution in [0.5, 0.6) is 0 Å². The minimum absolute atomic E-state index is 0.166. The molecule has 0 aliphatic carbocycles. The molecule has 6 heteroatoms. The Labute approximate surface area is 139 Å².